The van der Waals surface area contributed by atoms with Crippen LogP contribution in [0, 0.1) is 5.41 Å². The molecular formula is C15H19N3. The van der Waals surface area contributed by atoms with Crippen LogP contribution in [0.15, 0.2) is 43.0 Å². The molecule has 3 nitrogen and oxygen atoms in total. The normalized spacial score (nSPS) is 16.7. The molecule has 0 bridgehead atoms. The van der Waals surface area contributed by atoms with Gasteiger partial charge in [0.1, 0.15) is 0 Å². The van der Waals surface area contributed by atoms with Crippen LogP contribution in [-0.2, 0) is 6.54 Å². The lowest BCUT2D eigenvalue weighted by atomic mass is 10.1. The number of rotatable bonds is 5. The molecule has 0 spiro atoms. The average Bonchev–Trinajstić information content (AvgIpc) is 2.92. The van der Waals surface area contributed by atoms with Crippen LogP contribution in [0.4, 0.5) is 0 Å². The van der Waals surface area contributed by atoms with Gasteiger partial charge in [-0.1, -0.05) is 19.1 Å². The van der Waals surface area contributed by atoms with Gasteiger partial charge in [-0.2, -0.15) is 0 Å². The van der Waals surface area contributed by atoms with E-state index in [9.17, 15) is 0 Å². The number of imidazole rings is 1. The third kappa shape index (κ3) is 2.62. The molecule has 0 unspecified atom stereocenters. The number of nitrogens with one attached hydrogen (secondary N) is 1. The first-order chi connectivity index (χ1) is 8.75. The Labute approximate surface area is 108 Å². The summed E-state index contributed by atoms with van der Waals surface area (Å²) in [5, 5.41) is 3.54. The highest BCUT2D eigenvalue weighted by atomic mass is 15.0. The van der Waals surface area contributed by atoms with Crippen LogP contribution < -0.4 is 5.32 Å². The Bertz CT molecular complexity index is 495. The maximum Gasteiger partial charge on any atom is 0.0991 e. The monoisotopic (exact) mass is 241 g/mol. The van der Waals surface area contributed by atoms with Crippen LogP contribution >= 0.6 is 0 Å². The summed E-state index contributed by atoms with van der Waals surface area (Å²) in [7, 11) is 0. The number of aromatic nitrogens is 2. The molecule has 1 aliphatic carbocycles. The average molecular weight is 241 g/mol. The van der Waals surface area contributed by atoms with Crippen molar-refractivity contribution in [3.05, 3.63) is 48.5 Å². The van der Waals surface area contributed by atoms with E-state index in [-0.39, 0.29) is 0 Å². The van der Waals surface area contributed by atoms with Crippen molar-refractivity contribution >= 4 is 0 Å². The topological polar surface area (TPSA) is 29.9 Å². The Morgan fingerprint density at radius 1 is 1.28 bits per heavy atom. The molecule has 1 fully saturated rings. The zero-order valence-corrected chi connectivity index (χ0v) is 10.8. The van der Waals surface area contributed by atoms with Crippen LogP contribution in [0.2, 0.25) is 0 Å². The highest BCUT2D eigenvalue weighted by Crippen LogP contribution is 2.44. The van der Waals surface area contributed by atoms with Crippen molar-refractivity contribution in [2.45, 2.75) is 26.3 Å². The van der Waals surface area contributed by atoms with E-state index in [1.807, 2.05) is 17.1 Å². The molecular weight excluding hydrogens is 222 g/mol. The van der Waals surface area contributed by atoms with Gasteiger partial charge in [0.25, 0.3) is 0 Å². The molecule has 1 heterocycles. The van der Waals surface area contributed by atoms with Gasteiger partial charge >= 0.3 is 0 Å². The van der Waals surface area contributed by atoms with E-state index in [1.165, 1.54) is 18.4 Å². The third-order valence-corrected chi connectivity index (χ3v) is 3.72. The minimum absolute atomic E-state index is 0.580. The minimum Gasteiger partial charge on any atom is -0.312 e. The molecule has 1 N–H and O–H groups in total. The second-order valence-corrected chi connectivity index (χ2v) is 5.55. The van der Waals surface area contributed by atoms with Gasteiger partial charge < -0.3 is 9.88 Å². The first-order valence-electron chi connectivity index (χ1n) is 6.53. The third-order valence-electron chi connectivity index (χ3n) is 3.72. The van der Waals surface area contributed by atoms with Crippen LogP contribution in [0.3, 0.4) is 0 Å². The predicted molar refractivity (Wildman–Crippen MR) is 72.6 cm³/mol. The van der Waals surface area contributed by atoms with E-state index < -0.39 is 0 Å². The maximum atomic E-state index is 4.06. The Hall–Kier alpha value is -1.61. The van der Waals surface area contributed by atoms with Crippen LogP contribution in [-0.4, -0.2) is 16.1 Å². The molecule has 0 atom stereocenters. The van der Waals surface area contributed by atoms with Crippen molar-refractivity contribution in [2.24, 2.45) is 5.41 Å². The smallest absolute Gasteiger partial charge is 0.0991 e. The summed E-state index contributed by atoms with van der Waals surface area (Å²) in [4.78, 5) is 4.06. The molecule has 94 valence electrons. The fraction of sp³-hybridized carbons (Fsp3) is 0.400. The summed E-state index contributed by atoms with van der Waals surface area (Å²) in [5.74, 6) is 0. The summed E-state index contributed by atoms with van der Waals surface area (Å²) >= 11 is 0. The first kappa shape index (κ1) is 11.5. The SMILES string of the molecule is CC1(CNCc2ccc(-n3ccnc3)cc2)CC1. The van der Waals surface area contributed by atoms with Crippen molar-refractivity contribution in [2.75, 3.05) is 6.54 Å². The lowest BCUT2D eigenvalue weighted by Crippen LogP contribution is -2.21. The summed E-state index contributed by atoms with van der Waals surface area (Å²) in [5.41, 5.74) is 3.07. The van der Waals surface area contributed by atoms with Crippen molar-refractivity contribution in [3.8, 4) is 5.69 Å². The number of hydrogen-bond donors (Lipinski definition) is 1. The Morgan fingerprint density at radius 2 is 2.06 bits per heavy atom. The molecule has 1 aromatic carbocycles. The second-order valence-electron chi connectivity index (χ2n) is 5.55. The molecule has 0 saturated heterocycles. The zero-order valence-electron chi connectivity index (χ0n) is 10.8. The van der Waals surface area contributed by atoms with Crippen LogP contribution in [0.25, 0.3) is 5.69 Å². The summed E-state index contributed by atoms with van der Waals surface area (Å²) in [6.07, 6.45) is 8.33. The Kier molecular flexibility index (Phi) is 2.92. The summed E-state index contributed by atoms with van der Waals surface area (Å²) in [6, 6.07) is 8.63. The van der Waals surface area contributed by atoms with Gasteiger partial charge in [0.2, 0.25) is 0 Å². The Morgan fingerprint density at radius 3 is 2.67 bits per heavy atom. The zero-order chi connectivity index (χ0) is 12.4. The molecule has 2 aromatic rings. The fourth-order valence-electron chi connectivity index (χ4n) is 2.10. The fourth-order valence-corrected chi connectivity index (χ4v) is 2.10. The lowest BCUT2D eigenvalue weighted by molar-refractivity contribution is 0.499. The molecule has 3 heteroatoms. The van der Waals surface area contributed by atoms with Gasteiger partial charge in [-0.3, -0.25) is 0 Å². The molecule has 1 saturated carbocycles. The summed E-state index contributed by atoms with van der Waals surface area (Å²) in [6.45, 7) is 4.44. The van der Waals surface area contributed by atoms with Gasteiger partial charge in [-0.25, -0.2) is 4.98 Å². The number of hydrogen-bond acceptors (Lipinski definition) is 2. The Balaban J connectivity index is 1.57. The van der Waals surface area contributed by atoms with E-state index in [2.05, 4.69) is 41.5 Å². The lowest BCUT2D eigenvalue weighted by Gasteiger charge is -2.10. The predicted octanol–water partition coefficient (Wildman–Crippen LogP) is 2.76. The quantitative estimate of drug-likeness (QED) is 0.872. The molecule has 0 amide bonds. The molecule has 3 rings (SSSR count). The van der Waals surface area contributed by atoms with Crippen LogP contribution in [0.1, 0.15) is 25.3 Å². The highest BCUT2D eigenvalue weighted by Gasteiger charge is 2.36. The number of benzene rings is 1. The highest BCUT2D eigenvalue weighted by molar-refractivity contribution is 5.34. The van der Waals surface area contributed by atoms with E-state index >= 15 is 0 Å². The van der Waals surface area contributed by atoms with Crippen molar-refractivity contribution in [3.63, 3.8) is 0 Å². The van der Waals surface area contributed by atoms with Gasteiger partial charge in [0, 0.05) is 31.2 Å². The largest absolute Gasteiger partial charge is 0.312 e. The van der Waals surface area contributed by atoms with Gasteiger partial charge in [-0.05, 0) is 36.0 Å². The van der Waals surface area contributed by atoms with Crippen molar-refractivity contribution in [1.29, 1.82) is 0 Å². The van der Waals surface area contributed by atoms with E-state index in [4.69, 9.17) is 0 Å². The second kappa shape index (κ2) is 4.58. The molecule has 0 radical (unpaired) electrons. The van der Waals surface area contributed by atoms with Crippen molar-refractivity contribution in [1.82, 2.24) is 14.9 Å². The van der Waals surface area contributed by atoms with Crippen LogP contribution in [0.5, 0.6) is 0 Å². The van der Waals surface area contributed by atoms with Gasteiger partial charge in [0.15, 0.2) is 0 Å². The van der Waals surface area contributed by atoms with Gasteiger partial charge in [0.05, 0.1) is 6.33 Å². The maximum absolute atomic E-state index is 4.06. The first-order valence-corrected chi connectivity index (χ1v) is 6.53. The van der Waals surface area contributed by atoms with E-state index in [0.29, 0.717) is 5.41 Å². The molecule has 0 aliphatic heterocycles. The minimum atomic E-state index is 0.580. The summed E-state index contributed by atoms with van der Waals surface area (Å²) < 4.78 is 2.02. The number of nitrogens with zero attached hydrogens (tertiary/aromatic N) is 2. The molecule has 18 heavy (non-hydrogen) atoms. The standard InChI is InChI=1S/C15H19N3/c1-15(6-7-15)11-17-10-13-2-4-14(5-3-13)18-9-8-16-12-18/h2-5,8-9,12,17H,6-7,10-11H2,1H3. The van der Waals surface area contributed by atoms with E-state index in [0.717, 1.165) is 18.8 Å². The molecule has 1 aliphatic rings. The van der Waals surface area contributed by atoms with E-state index in [1.54, 1.807) is 6.20 Å². The van der Waals surface area contributed by atoms with Crippen molar-refractivity contribution < 1.29 is 0 Å². The molecule has 1 aromatic heterocycles. The van der Waals surface area contributed by atoms with Gasteiger partial charge in [-0.15, -0.1) is 0 Å².